The molecule has 1 aromatic carbocycles. The van der Waals surface area contributed by atoms with Crippen molar-refractivity contribution in [1.29, 1.82) is 5.26 Å². The molecule has 1 N–H and O–H groups in total. The zero-order chi connectivity index (χ0) is 23.1. The largest absolute Gasteiger partial charge is 0.511 e. The van der Waals surface area contributed by atoms with Gasteiger partial charge in [-0.3, -0.25) is 4.57 Å². The Morgan fingerprint density at radius 3 is 2.35 bits per heavy atom. The number of rotatable bonds is 2. The van der Waals surface area contributed by atoms with Crippen molar-refractivity contribution in [3.63, 3.8) is 0 Å². The Hall–Kier alpha value is -2.99. The summed E-state index contributed by atoms with van der Waals surface area (Å²) in [4.78, 5) is 12.8. The molecular formula is C16H10F6N4O4S. The molecule has 4 rings (SSSR count). The second-order valence-corrected chi connectivity index (χ2v) is 8.84. The summed E-state index contributed by atoms with van der Waals surface area (Å²) in [5.74, 6) is -0.975. The van der Waals surface area contributed by atoms with Crippen molar-refractivity contribution in [2.24, 2.45) is 0 Å². The normalized spacial score (nSPS) is 21.3. The number of benzene rings is 1. The molecule has 8 nitrogen and oxygen atoms in total. The van der Waals surface area contributed by atoms with E-state index < -0.39 is 74.4 Å². The molecule has 2 aliphatic heterocycles. The highest BCUT2D eigenvalue weighted by Crippen LogP contribution is 2.51. The lowest BCUT2D eigenvalue weighted by molar-refractivity contribution is -0.137. The Bertz CT molecular complexity index is 1300. The van der Waals surface area contributed by atoms with Gasteiger partial charge in [0.25, 0.3) is 0 Å². The topological polar surface area (TPSA) is 108 Å². The zero-order valence-corrected chi connectivity index (χ0v) is 15.8. The standard InChI is InChI=1S/C16H10F6N4O4S/c17-15(18,19)10-3-8(2-1-7(10)5-23)26-13(27)12-11-4-9(25(12)14(26)28)6-24(11)31(29,30)16(20,21)22/h1-3,9,11,27H,4,6H2/t9-,11?/m1/s1. The molecule has 31 heavy (non-hydrogen) atoms. The molecule has 3 heterocycles. The third-order valence-electron chi connectivity index (χ3n) is 5.30. The number of nitrogens with zero attached hydrogens (tertiary/aromatic N) is 4. The molecule has 2 atom stereocenters. The molecular weight excluding hydrogens is 458 g/mol. The third kappa shape index (κ3) is 2.85. The smallest absolute Gasteiger partial charge is 0.493 e. The van der Waals surface area contributed by atoms with Crippen LogP contribution in [0.2, 0.25) is 0 Å². The van der Waals surface area contributed by atoms with E-state index in [9.17, 15) is 44.7 Å². The van der Waals surface area contributed by atoms with Crippen molar-refractivity contribution in [1.82, 2.24) is 13.4 Å². The van der Waals surface area contributed by atoms with Gasteiger partial charge in [-0.1, -0.05) is 0 Å². The maximum absolute atomic E-state index is 13.2. The Balaban J connectivity index is 1.87. The molecule has 166 valence electrons. The van der Waals surface area contributed by atoms with Gasteiger partial charge in [-0.15, -0.1) is 0 Å². The molecule has 1 unspecified atom stereocenters. The molecule has 2 bridgehead atoms. The molecule has 1 saturated heterocycles. The fraction of sp³-hybridized carbons (Fsp3) is 0.375. The number of aromatic nitrogens is 2. The minimum Gasteiger partial charge on any atom is -0.493 e. The van der Waals surface area contributed by atoms with Crippen LogP contribution in [0, 0.1) is 11.3 Å². The summed E-state index contributed by atoms with van der Waals surface area (Å²) in [6.45, 7) is -0.677. The number of sulfonamides is 1. The van der Waals surface area contributed by atoms with E-state index >= 15 is 0 Å². The van der Waals surface area contributed by atoms with E-state index in [1.54, 1.807) is 0 Å². The van der Waals surface area contributed by atoms with Crippen LogP contribution in [-0.4, -0.2) is 39.0 Å². The maximum atomic E-state index is 13.2. The Labute approximate surface area is 169 Å². The lowest BCUT2D eigenvalue weighted by atomic mass is 10.1. The molecule has 0 radical (unpaired) electrons. The summed E-state index contributed by atoms with van der Waals surface area (Å²) in [5.41, 5.74) is -9.68. The van der Waals surface area contributed by atoms with E-state index in [2.05, 4.69) is 0 Å². The Morgan fingerprint density at radius 1 is 1.16 bits per heavy atom. The molecule has 2 aromatic rings. The van der Waals surface area contributed by atoms with Crippen LogP contribution in [0.3, 0.4) is 0 Å². The number of imidazole rings is 1. The van der Waals surface area contributed by atoms with Crippen LogP contribution in [-0.2, 0) is 16.2 Å². The van der Waals surface area contributed by atoms with Gasteiger partial charge in [-0.25, -0.2) is 17.8 Å². The quantitative estimate of drug-likeness (QED) is 0.681. The summed E-state index contributed by atoms with van der Waals surface area (Å²) in [7, 11) is -5.76. The molecule has 1 aromatic heterocycles. The number of aromatic hydroxyl groups is 1. The lowest BCUT2D eigenvalue weighted by Crippen LogP contribution is -2.43. The minimum atomic E-state index is -5.76. The van der Waals surface area contributed by atoms with Gasteiger partial charge < -0.3 is 5.11 Å². The first-order chi connectivity index (χ1) is 14.2. The van der Waals surface area contributed by atoms with Gasteiger partial charge in [0, 0.05) is 6.54 Å². The van der Waals surface area contributed by atoms with Crippen molar-refractivity contribution in [3.8, 4) is 17.6 Å². The van der Waals surface area contributed by atoms with Crippen LogP contribution < -0.4 is 5.69 Å². The second-order valence-electron chi connectivity index (χ2n) is 6.96. The lowest BCUT2D eigenvalue weighted by Gasteiger charge is -2.27. The number of nitriles is 1. The minimum absolute atomic E-state index is 0.121. The summed E-state index contributed by atoms with van der Waals surface area (Å²) in [6, 6.07) is 0.997. The third-order valence-corrected chi connectivity index (χ3v) is 6.91. The summed E-state index contributed by atoms with van der Waals surface area (Å²) < 4.78 is 104. The van der Waals surface area contributed by atoms with E-state index in [-0.39, 0.29) is 10.7 Å². The highest BCUT2D eigenvalue weighted by molar-refractivity contribution is 7.90. The van der Waals surface area contributed by atoms with Crippen LogP contribution in [0.15, 0.2) is 23.0 Å². The molecule has 1 fully saturated rings. The van der Waals surface area contributed by atoms with Crippen molar-refractivity contribution >= 4 is 10.0 Å². The summed E-state index contributed by atoms with van der Waals surface area (Å²) in [6.07, 6.45) is -5.16. The van der Waals surface area contributed by atoms with Gasteiger partial charge in [0.1, 0.15) is 5.69 Å². The van der Waals surface area contributed by atoms with Crippen LogP contribution in [0.25, 0.3) is 5.69 Å². The molecule has 0 saturated carbocycles. The second kappa shape index (κ2) is 6.26. The number of alkyl halides is 6. The van der Waals surface area contributed by atoms with Gasteiger partial charge in [0.05, 0.1) is 35.0 Å². The van der Waals surface area contributed by atoms with Gasteiger partial charge >= 0.3 is 27.4 Å². The highest BCUT2D eigenvalue weighted by atomic mass is 32.2. The predicted octanol–water partition coefficient (Wildman–Crippen LogP) is 2.39. The van der Waals surface area contributed by atoms with Crippen molar-refractivity contribution < 1.29 is 39.9 Å². The summed E-state index contributed by atoms with van der Waals surface area (Å²) >= 11 is 0. The molecule has 15 heteroatoms. The van der Waals surface area contributed by atoms with E-state index in [0.29, 0.717) is 10.6 Å². The van der Waals surface area contributed by atoms with Crippen LogP contribution in [0.4, 0.5) is 26.3 Å². The number of hydrogen-bond donors (Lipinski definition) is 1. The average Bonchev–Trinajstić information content (AvgIpc) is 3.31. The van der Waals surface area contributed by atoms with E-state index in [1.165, 1.54) is 6.07 Å². The fourth-order valence-corrected chi connectivity index (χ4v) is 5.20. The molecule has 0 spiro atoms. The first kappa shape index (κ1) is 21.2. The Morgan fingerprint density at radius 2 is 1.81 bits per heavy atom. The van der Waals surface area contributed by atoms with E-state index in [1.807, 2.05) is 0 Å². The van der Waals surface area contributed by atoms with Crippen molar-refractivity contribution in [3.05, 3.63) is 45.5 Å². The number of fused-ring (bicyclic) bond motifs is 5. The number of hydrogen-bond acceptors (Lipinski definition) is 5. The average molecular weight is 468 g/mol. The van der Waals surface area contributed by atoms with Gasteiger partial charge in [0.15, 0.2) is 0 Å². The molecule has 0 aliphatic carbocycles. The predicted molar refractivity (Wildman–Crippen MR) is 89.5 cm³/mol. The monoisotopic (exact) mass is 468 g/mol. The SMILES string of the molecule is N#Cc1ccc(-n2c(O)c3n(c2=O)[C@@H]2CC3N(S(=O)(=O)C(F)(F)F)C2)cc1C(F)(F)F. The zero-order valence-electron chi connectivity index (χ0n) is 14.9. The first-order valence-electron chi connectivity index (χ1n) is 8.46. The number of halogens is 6. The first-order valence-corrected chi connectivity index (χ1v) is 9.90. The van der Waals surface area contributed by atoms with Crippen LogP contribution >= 0.6 is 0 Å². The Kier molecular flexibility index (Phi) is 4.29. The fourth-order valence-electron chi connectivity index (χ4n) is 4.04. The van der Waals surface area contributed by atoms with Gasteiger partial charge in [-0.05, 0) is 24.6 Å². The van der Waals surface area contributed by atoms with Crippen LogP contribution in [0.5, 0.6) is 5.88 Å². The van der Waals surface area contributed by atoms with Gasteiger partial charge in [-0.2, -0.15) is 35.9 Å². The molecule has 2 aliphatic rings. The van der Waals surface area contributed by atoms with E-state index in [0.717, 1.165) is 16.7 Å². The van der Waals surface area contributed by atoms with Crippen molar-refractivity contribution in [2.75, 3.05) is 6.54 Å². The summed E-state index contributed by atoms with van der Waals surface area (Å²) in [5, 5.41) is 19.4. The highest BCUT2D eigenvalue weighted by Gasteiger charge is 2.59. The molecule has 0 amide bonds. The van der Waals surface area contributed by atoms with Gasteiger partial charge in [0.2, 0.25) is 5.88 Å². The van der Waals surface area contributed by atoms with Crippen LogP contribution in [0.1, 0.15) is 35.3 Å². The van der Waals surface area contributed by atoms with Crippen molar-refractivity contribution in [2.45, 2.75) is 30.2 Å². The van der Waals surface area contributed by atoms with E-state index in [4.69, 9.17) is 5.26 Å². The maximum Gasteiger partial charge on any atom is 0.511 e.